The first-order valence-corrected chi connectivity index (χ1v) is 8.53. The molecule has 1 aromatic carbocycles. The van der Waals surface area contributed by atoms with Crippen molar-refractivity contribution in [2.24, 2.45) is 10.9 Å². The number of hydrogen-bond donors (Lipinski definition) is 0. The zero-order valence-corrected chi connectivity index (χ0v) is 13.6. The summed E-state index contributed by atoms with van der Waals surface area (Å²) in [5.41, 5.74) is -0.236. The number of nitrogens with zero attached hydrogens (tertiary/aromatic N) is 2. The summed E-state index contributed by atoms with van der Waals surface area (Å²) >= 11 is 1.39. The van der Waals surface area contributed by atoms with Crippen LogP contribution in [0, 0.1) is 5.92 Å². The lowest BCUT2D eigenvalue weighted by molar-refractivity contribution is -0.163. The third kappa shape index (κ3) is 1.99. The molecule has 1 aromatic rings. The molecule has 3 aliphatic rings. The quantitative estimate of drug-likeness (QED) is 0.775. The van der Waals surface area contributed by atoms with Crippen molar-refractivity contribution < 1.29 is 19.1 Å². The van der Waals surface area contributed by atoms with Crippen molar-refractivity contribution in [1.82, 2.24) is 4.90 Å². The van der Waals surface area contributed by atoms with E-state index in [1.807, 2.05) is 24.3 Å². The highest BCUT2D eigenvalue weighted by Crippen LogP contribution is 2.52. The molecule has 1 fully saturated rings. The predicted molar refractivity (Wildman–Crippen MR) is 85.1 cm³/mol. The smallest absolute Gasteiger partial charge is 0.317 e. The van der Waals surface area contributed by atoms with E-state index in [1.165, 1.54) is 11.8 Å². The summed E-state index contributed by atoms with van der Waals surface area (Å²) in [6, 6.07) is 7.06. The average molecular weight is 332 g/mol. The first kappa shape index (κ1) is 14.6. The molecule has 3 heterocycles. The topological polar surface area (TPSA) is 68.2 Å². The van der Waals surface area contributed by atoms with Crippen molar-refractivity contribution in [3.63, 3.8) is 0 Å². The minimum absolute atomic E-state index is 0.0354. The van der Waals surface area contributed by atoms with Crippen molar-refractivity contribution >= 4 is 28.8 Å². The van der Waals surface area contributed by atoms with Gasteiger partial charge in [-0.05, 0) is 19.9 Å². The lowest BCUT2D eigenvalue weighted by atomic mass is 9.80. The summed E-state index contributed by atoms with van der Waals surface area (Å²) in [6.07, 6.45) is 0. The van der Waals surface area contributed by atoms with Crippen LogP contribution in [0.5, 0.6) is 5.75 Å². The molecule has 0 N–H and O–H groups in total. The molecule has 6 nitrogen and oxygen atoms in total. The highest BCUT2D eigenvalue weighted by molar-refractivity contribution is 8.15. The molecule has 23 heavy (non-hydrogen) atoms. The molecule has 4 rings (SSSR count). The summed E-state index contributed by atoms with van der Waals surface area (Å²) in [7, 11) is 0. The Balaban J connectivity index is 1.92. The molecule has 1 amide bonds. The van der Waals surface area contributed by atoms with Gasteiger partial charge < -0.3 is 9.47 Å². The molecule has 3 aliphatic heterocycles. The Morgan fingerprint density at radius 2 is 2.30 bits per heavy atom. The Morgan fingerprint density at radius 3 is 3.09 bits per heavy atom. The van der Waals surface area contributed by atoms with Gasteiger partial charge in [0.1, 0.15) is 11.7 Å². The van der Waals surface area contributed by atoms with Crippen molar-refractivity contribution in [2.75, 3.05) is 12.4 Å². The fraction of sp³-hybridized carbons (Fsp3) is 0.438. The molecule has 1 saturated heterocycles. The number of fused-ring (bicyclic) bond motifs is 6. The second-order valence-electron chi connectivity index (χ2n) is 5.82. The normalized spacial score (nSPS) is 31.0. The van der Waals surface area contributed by atoms with Gasteiger partial charge in [-0.1, -0.05) is 30.0 Å². The summed E-state index contributed by atoms with van der Waals surface area (Å²) in [4.78, 5) is 31.2. The molecule has 2 bridgehead atoms. The van der Waals surface area contributed by atoms with E-state index in [2.05, 4.69) is 4.99 Å². The fourth-order valence-corrected chi connectivity index (χ4v) is 4.45. The highest BCUT2D eigenvalue weighted by Gasteiger charge is 2.60. The number of amides is 1. The zero-order valence-electron chi connectivity index (χ0n) is 12.8. The van der Waals surface area contributed by atoms with Crippen LogP contribution in [0.1, 0.15) is 25.5 Å². The first-order valence-electron chi connectivity index (χ1n) is 7.54. The lowest BCUT2D eigenvalue weighted by Crippen LogP contribution is -2.59. The summed E-state index contributed by atoms with van der Waals surface area (Å²) < 4.78 is 11.3. The van der Waals surface area contributed by atoms with Crippen molar-refractivity contribution in [3.05, 3.63) is 29.8 Å². The van der Waals surface area contributed by atoms with Crippen LogP contribution in [-0.4, -0.2) is 40.0 Å². The van der Waals surface area contributed by atoms with Crippen molar-refractivity contribution in [2.45, 2.75) is 25.6 Å². The third-order valence-corrected chi connectivity index (χ3v) is 5.32. The van der Waals surface area contributed by atoms with Gasteiger partial charge in [0.15, 0.2) is 5.17 Å². The Kier molecular flexibility index (Phi) is 3.16. The van der Waals surface area contributed by atoms with Crippen molar-refractivity contribution in [1.29, 1.82) is 0 Å². The number of amidine groups is 1. The monoisotopic (exact) mass is 332 g/mol. The fourth-order valence-electron chi connectivity index (χ4n) is 3.46. The largest absolute Gasteiger partial charge is 0.466 e. The van der Waals surface area contributed by atoms with E-state index >= 15 is 0 Å². The molecule has 120 valence electrons. The molecule has 0 spiro atoms. The summed E-state index contributed by atoms with van der Waals surface area (Å²) in [6.45, 7) is 3.82. The lowest BCUT2D eigenvalue weighted by Gasteiger charge is -2.48. The van der Waals surface area contributed by atoms with E-state index in [-0.39, 0.29) is 18.5 Å². The molecule has 0 unspecified atom stereocenters. The number of carbonyl (C=O) groups is 2. The van der Waals surface area contributed by atoms with E-state index < -0.39 is 17.7 Å². The van der Waals surface area contributed by atoms with Crippen LogP contribution in [-0.2, 0) is 14.3 Å². The van der Waals surface area contributed by atoms with Gasteiger partial charge in [0.25, 0.3) is 0 Å². The zero-order chi connectivity index (χ0) is 16.2. The maximum absolute atomic E-state index is 12.6. The second kappa shape index (κ2) is 4.99. The predicted octanol–water partition coefficient (Wildman–Crippen LogP) is 1.96. The Labute approximate surface area is 137 Å². The van der Waals surface area contributed by atoms with Crippen LogP contribution in [0.25, 0.3) is 0 Å². The number of aliphatic imine (C=N–C) groups is 1. The maximum Gasteiger partial charge on any atom is 0.317 e. The van der Waals surface area contributed by atoms with E-state index in [9.17, 15) is 9.59 Å². The number of thioether (sulfide) groups is 1. The SMILES string of the molecule is CCOC(=O)[C@H]1[C@H]2c3ccccc3O[C@@]1(C)N=C1SCC(=O)N12. The van der Waals surface area contributed by atoms with Crippen LogP contribution >= 0.6 is 11.8 Å². The Morgan fingerprint density at radius 1 is 1.52 bits per heavy atom. The van der Waals surface area contributed by atoms with Gasteiger partial charge in [-0.2, -0.15) is 0 Å². The Bertz CT molecular complexity index is 735. The molecule has 0 aromatic heterocycles. The average Bonchev–Trinajstić information content (AvgIpc) is 2.86. The molecule has 0 saturated carbocycles. The van der Waals surface area contributed by atoms with Crippen LogP contribution in [0.3, 0.4) is 0 Å². The van der Waals surface area contributed by atoms with Crippen molar-refractivity contribution in [3.8, 4) is 5.75 Å². The number of benzene rings is 1. The minimum Gasteiger partial charge on any atom is -0.466 e. The minimum atomic E-state index is -1.06. The standard InChI is InChI=1S/C16H16N2O4S/c1-3-21-14(20)12-13-9-6-4-5-7-10(9)22-16(12,2)17-15-18(13)11(19)8-23-15/h4-7,12-13H,3,8H2,1-2H3/t12-,13-,16-/m1/s1. The molecule has 7 heteroatoms. The second-order valence-corrected chi connectivity index (χ2v) is 6.76. The van der Waals surface area contributed by atoms with E-state index in [0.29, 0.717) is 16.7 Å². The van der Waals surface area contributed by atoms with E-state index in [0.717, 1.165) is 5.56 Å². The first-order chi connectivity index (χ1) is 11.0. The number of ether oxygens (including phenoxy) is 2. The van der Waals surface area contributed by atoms with Gasteiger partial charge in [0, 0.05) is 5.56 Å². The molecule has 3 atom stereocenters. The number of para-hydroxylation sites is 1. The van der Waals surface area contributed by atoms with Crippen LogP contribution in [0.2, 0.25) is 0 Å². The summed E-state index contributed by atoms with van der Waals surface area (Å²) in [5.74, 6) is -0.103. The van der Waals surface area contributed by atoms with E-state index in [1.54, 1.807) is 18.7 Å². The number of carbonyl (C=O) groups excluding carboxylic acids is 2. The molecular weight excluding hydrogens is 316 g/mol. The van der Waals surface area contributed by atoms with Gasteiger partial charge in [0.2, 0.25) is 11.6 Å². The van der Waals surface area contributed by atoms with Crippen LogP contribution in [0.15, 0.2) is 29.3 Å². The van der Waals surface area contributed by atoms with Gasteiger partial charge in [-0.25, -0.2) is 4.99 Å². The van der Waals surface area contributed by atoms with Gasteiger partial charge in [0.05, 0.1) is 18.4 Å². The van der Waals surface area contributed by atoms with Crippen LogP contribution in [0.4, 0.5) is 0 Å². The summed E-state index contributed by atoms with van der Waals surface area (Å²) in [5, 5.41) is 0.623. The molecule has 0 radical (unpaired) electrons. The number of esters is 1. The van der Waals surface area contributed by atoms with Gasteiger partial charge >= 0.3 is 5.97 Å². The molecule has 0 aliphatic carbocycles. The number of rotatable bonds is 2. The van der Waals surface area contributed by atoms with Gasteiger partial charge in [-0.3, -0.25) is 14.5 Å². The highest BCUT2D eigenvalue weighted by atomic mass is 32.2. The molecular formula is C16H16N2O4S. The maximum atomic E-state index is 12.6. The van der Waals surface area contributed by atoms with E-state index in [4.69, 9.17) is 9.47 Å². The van der Waals surface area contributed by atoms with Crippen LogP contribution < -0.4 is 4.74 Å². The third-order valence-electron chi connectivity index (χ3n) is 4.38. The number of hydrogen-bond acceptors (Lipinski definition) is 6. The van der Waals surface area contributed by atoms with Gasteiger partial charge in [-0.15, -0.1) is 0 Å². The Hall–Kier alpha value is -2.02.